The average molecular weight is 396 g/mol. The Morgan fingerprint density at radius 3 is 2.71 bits per heavy atom. The first-order valence-electron chi connectivity index (χ1n) is 4.44. The van der Waals surface area contributed by atoms with E-state index in [4.69, 9.17) is 11.6 Å². The molecule has 17 heavy (non-hydrogen) atoms. The molecule has 0 aliphatic carbocycles. The molecule has 0 saturated carbocycles. The van der Waals surface area contributed by atoms with E-state index in [9.17, 15) is 4.79 Å². The van der Waals surface area contributed by atoms with E-state index < -0.39 is 0 Å². The molecule has 0 fully saturated rings. The van der Waals surface area contributed by atoms with E-state index >= 15 is 0 Å². The van der Waals surface area contributed by atoms with Crippen molar-refractivity contribution in [2.75, 3.05) is 5.32 Å². The van der Waals surface area contributed by atoms with Crippen molar-refractivity contribution in [2.45, 2.75) is 0 Å². The Hall–Kier alpha value is -0.430. The first kappa shape index (κ1) is 13.0. The summed E-state index contributed by atoms with van der Waals surface area (Å²) >= 11 is 13.7. The van der Waals surface area contributed by atoms with E-state index in [0.29, 0.717) is 15.7 Å². The van der Waals surface area contributed by atoms with Gasteiger partial charge in [-0.25, -0.2) is 4.98 Å². The fourth-order valence-electron chi connectivity index (χ4n) is 1.09. The minimum atomic E-state index is -0.198. The third kappa shape index (κ3) is 3.28. The predicted molar refractivity (Wildman–Crippen MR) is 76.9 cm³/mol. The molecule has 0 saturated heterocycles. The number of anilines is 1. The lowest BCUT2D eigenvalue weighted by molar-refractivity contribution is 0.103. The summed E-state index contributed by atoms with van der Waals surface area (Å²) in [6, 6.07) is 5.07. The molecule has 7 heteroatoms. The zero-order valence-corrected chi connectivity index (χ0v) is 13.0. The summed E-state index contributed by atoms with van der Waals surface area (Å²) in [5, 5.41) is 3.22. The van der Waals surface area contributed by atoms with E-state index in [1.165, 1.54) is 17.5 Å². The third-order valence-corrected chi connectivity index (χ3v) is 5.32. The Morgan fingerprint density at radius 1 is 1.41 bits per heavy atom. The molecule has 0 atom stereocenters. The number of nitrogens with zero attached hydrogens (tertiary/aromatic N) is 1. The molecule has 88 valence electrons. The number of halogens is 3. The van der Waals surface area contributed by atoms with E-state index in [2.05, 4.69) is 42.2 Å². The van der Waals surface area contributed by atoms with E-state index in [1.54, 1.807) is 18.2 Å². The summed E-state index contributed by atoms with van der Waals surface area (Å²) in [6.45, 7) is 0. The molecule has 0 bridgehead atoms. The van der Waals surface area contributed by atoms with Crippen LogP contribution < -0.4 is 5.32 Å². The summed E-state index contributed by atoms with van der Waals surface area (Å²) in [7, 11) is 0. The van der Waals surface area contributed by atoms with Crippen LogP contribution in [0.2, 0.25) is 5.02 Å². The van der Waals surface area contributed by atoms with Crippen molar-refractivity contribution in [1.29, 1.82) is 0 Å². The van der Waals surface area contributed by atoms with Crippen molar-refractivity contribution >= 4 is 66.5 Å². The van der Waals surface area contributed by atoms with Gasteiger partial charge in [-0.05, 0) is 50.1 Å². The maximum Gasteiger partial charge on any atom is 0.266 e. The minimum Gasteiger partial charge on any atom is -0.306 e. The van der Waals surface area contributed by atoms with Gasteiger partial charge in [0.15, 0.2) is 0 Å². The fraction of sp³-hybridized carbons (Fsp3) is 0. The molecule has 1 amide bonds. The lowest BCUT2D eigenvalue weighted by Gasteiger charge is -2.01. The van der Waals surface area contributed by atoms with Gasteiger partial charge in [0.25, 0.3) is 5.91 Å². The molecule has 3 nitrogen and oxygen atoms in total. The Kier molecular flexibility index (Phi) is 4.19. The summed E-state index contributed by atoms with van der Waals surface area (Å²) in [5.74, 6) is 0.274. The molecule has 2 rings (SSSR count). The molecule has 2 heterocycles. The molecule has 0 aliphatic rings. The maximum absolute atomic E-state index is 11.8. The Bertz CT molecular complexity index is 536. The Labute approximate surface area is 123 Å². The molecular weight excluding hydrogens is 391 g/mol. The average Bonchev–Trinajstić information content (AvgIpc) is 2.63. The number of thiophene rings is 1. The normalized spacial score (nSPS) is 10.3. The molecule has 0 radical (unpaired) electrons. The molecule has 0 aliphatic heterocycles. The highest BCUT2D eigenvalue weighted by Crippen LogP contribution is 2.32. The zero-order chi connectivity index (χ0) is 12.4. The number of pyridine rings is 1. The van der Waals surface area contributed by atoms with Crippen LogP contribution in [0.25, 0.3) is 0 Å². The first-order valence-corrected chi connectivity index (χ1v) is 7.22. The van der Waals surface area contributed by atoms with E-state index in [0.717, 1.165) is 8.26 Å². The van der Waals surface area contributed by atoms with Gasteiger partial charge in [-0.3, -0.25) is 4.79 Å². The molecule has 2 aromatic rings. The van der Waals surface area contributed by atoms with Crippen LogP contribution in [0.5, 0.6) is 0 Å². The minimum absolute atomic E-state index is 0.198. The first-order chi connectivity index (χ1) is 8.06. The summed E-state index contributed by atoms with van der Waals surface area (Å²) < 4.78 is 1.74. The number of hydrogen-bond donors (Lipinski definition) is 1. The predicted octanol–water partition coefficient (Wildman–Crippen LogP) is 4.57. The van der Waals surface area contributed by atoms with Gasteiger partial charge in [-0.2, -0.15) is 0 Å². The standard InChI is InChI=1S/C10H5Br2ClN2OS/c11-6-3-7(17-9(6)12)10(16)15-8-2-1-5(13)4-14-8/h1-4H,(H,14,15,16). The van der Waals surface area contributed by atoms with Crippen molar-refractivity contribution in [1.82, 2.24) is 4.98 Å². The maximum atomic E-state index is 11.8. The van der Waals surface area contributed by atoms with Crippen molar-refractivity contribution in [2.24, 2.45) is 0 Å². The van der Waals surface area contributed by atoms with Gasteiger partial charge >= 0.3 is 0 Å². The smallest absolute Gasteiger partial charge is 0.266 e. The highest BCUT2D eigenvalue weighted by atomic mass is 79.9. The van der Waals surface area contributed by atoms with Gasteiger partial charge in [-0.1, -0.05) is 11.6 Å². The van der Waals surface area contributed by atoms with E-state index in [1.807, 2.05) is 0 Å². The SMILES string of the molecule is O=C(Nc1ccc(Cl)cn1)c1cc(Br)c(Br)s1. The third-order valence-electron chi connectivity index (χ3n) is 1.84. The van der Waals surface area contributed by atoms with Crippen molar-refractivity contribution in [3.05, 3.63) is 42.6 Å². The van der Waals surface area contributed by atoms with Crippen LogP contribution in [-0.4, -0.2) is 10.9 Å². The lowest BCUT2D eigenvalue weighted by atomic mass is 10.4. The highest BCUT2D eigenvalue weighted by Gasteiger charge is 2.12. The summed E-state index contributed by atoms with van der Waals surface area (Å²) in [4.78, 5) is 16.4. The van der Waals surface area contributed by atoms with Crippen LogP contribution in [0.4, 0.5) is 5.82 Å². The second kappa shape index (κ2) is 5.48. The van der Waals surface area contributed by atoms with Gasteiger partial charge in [0, 0.05) is 10.7 Å². The molecule has 0 unspecified atom stereocenters. The van der Waals surface area contributed by atoms with Crippen LogP contribution in [0.3, 0.4) is 0 Å². The number of nitrogens with one attached hydrogen (secondary N) is 1. The highest BCUT2D eigenvalue weighted by molar-refractivity contribution is 9.13. The van der Waals surface area contributed by atoms with Gasteiger partial charge in [0.05, 0.1) is 13.7 Å². The lowest BCUT2D eigenvalue weighted by Crippen LogP contribution is -2.10. The van der Waals surface area contributed by atoms with Crippen LogP contribution in [0.15, 0.2) is 32.7 Å². The molecule has 1 N–H and O–H groups in total. The van der Waals surface area contributed by atoms with Gasteiger partial charge in [0.1, 0.15) is 5.82 Å². The molecular formula is C10H5Br2ClN2OS. The molecule has 2 aromatic heterocycles. The number of rotatable bonds is 2. The van der Waals surface area contributed by atoms with Crippen molar-refractivity contribution < 1.29 is 4.79 Å². The summed E-state index contributed by atoms with van der Waals surface area (Å²) in [5.41, 5.74) is 0. The van der Waals surface area contributed by atoms with Crippen molar-refractivity contribution in [3.63, 3.8) is 0 Å². The number of aromatic nitrogens is 1. The second-order valence-electron chi connectivity index (χ2n) is 3.05. The summed E-state index contributed by atoms with van der Waals surface area (Å²) in [6.07, 6.45) is 1.48. The molecule has 0 spiro atoms. The van der Waals surface area contributed by atoms with Crippen LogP contribution >= 0.6 is 54.8 Å². The monoisotopic (exact) mass is 394 g/mol. The Balaban J connectivity index is 2.14. The second-order valence-corrected chi connectivity index (χ2v) is 6.71. The number of carbonyl (C=O) groups excluding carboxylic acids is 1. The molecule has 0 aromatic carbocycles. The van der Waals surface area contributed by atoms with Crippen LogP contribution in [0, 0.1) is 0 Å². The van der Waals surface area contributed by atoms with E-state index in [-0.39, 0.29) is 5.91 Å². The number of hydrogen-bond acceptors (Lipinski definition) is 3. The topological polar surface area (TPSA) is 42.0 Å². The Morgan fingerprint density at radius 2 is 2.18 bits per heavy atom. The number of amides is 1. The number of carbonyl (C=O) groups is 1. The van der Waals surface area contributed by atoms with Crippen LogP contribution in [0.1, 0.15) is 9.67 Å². The van der Waals surface area contributed by atoms with Crippen LogP contribution in [-0.2, 0) is 0 Å². The van der Waals surface area contributed by atoms with Gasteiger partial charge in [0.2, 0.25) is 0 Å². The quantitative estimate of drug-likeness (QED) is 0.808. The van der Waals surface area contributed by atoms with Gasteiger partial charge in [-0.15, -0.1) is 11.3 Å². The largest absolute Gasteiger partial charge is 0.306 e. The fourth-order valence-corrected chi connectivity index (χ4v) is 3.13. The van der Waals surface area contributed by atoms with Gasteiger partial charge < -0.3 is 5.32 Å². The van der Waals surface area contributed by atoms with Crippen molar-refractivity contribution in [3.8, 4) is 0 Å². The zero-order valence-electron chi connectivity index (χ0n) is 8.21.